The molecule has 0 aliphatic carbocycles. The highest BCUT2D eigenvalue weighted by molar-refractivity contribution is 9.10. The van der Waals surface area contributed by atoms with Crippen molar-refractivity contribution in [2.75, 3.05) is 4.90 Å². The van der Waals surface area contributed by atoms with Crippen LogP contribution in [-0.4, -0.2) is 20.7 Å². The van der Waals surface area contributed by atoms with E-state index in [-0.39, 0.29) is 11.8 Å². The topological polar surface area (TPSA) is 51.0 Å². The molecule has 132 valence electrons. The van der Waals surface area contributed by atoms with Crippen molar-refractivity contribution in [1.29, 1.82) is 0 Å². The molecule has 0 spiro atoms. The lowest BCUT2D eigenvalue weighted by Crippen LogP contribution is -2.23. The Morgan fingerprint density at radius 1 is 1.23 bits per heavy atom. The van der Waals surface area contributed by atoms with Crippen LogP contribution >= 0.6 is 15.9 Å². The first-order valence-corrected chi connectivity index (χ1v) is 9.36. The van der Waals surface area contributed by atoms with Crippen LogP contribution in [0.4, 0.5) is 5.69 Å². The van der Waals surface area contributed by atoms with E-state index >= 15 is 0 Å². The fourth-order valence-corrected chi connectivity index (χ4v) is 3.88. The Hall–Kier alpha value is -2.47. The van der Waals surface area contributed by atoms with Crippen LogP contribution in [0.25, 0.3) is 0 Å². The van der Waals surface area contributed by atoms with Gasteiger partial charge in [-0.1, -0.05) is 41.1 Å². The van der Waals surface area contributed by atoms with E-state index in [1.807, 2.05) is 46.8 Å². The number of halogens is 1. The van der Waals surface area contributed by atoms with Gasteiger partial charge in [0.25, 0.3) is 5.91 Å². The quantitative estimate of drug-likeness (QED) is 0.650. The van der Waals surface area contributed by atoms with Crippen molar-refractivity contribution >= 4 is 27.5 Å². The molecule has 0 saturated heterocycles. The SMILES string of the molecule is C[C@H](Cc1nncn1C)c1cccc(N2Cc3c(Br)cccc3C2=O)c1. The lowest BCUT2D eigenvalue weighted by molar-refractivity contribution is 0.0996. The zero-order valence-electron chi connectivity index (χ0n) is 14.7. The Kier molecular flexibility index (Phi) is 4.36. The maximum Gasteiger partial charge on any atom is 0.258 e. The Labute approximate surface area is 160 Å². The van der Waals surface area contributed by atoms with Gasteiger partial charge in [-0.15, -0.1) is 10.2 Å². The Morgan fingerprint density at radius 2 is 2.04 bits per heavy atom. The van der Waals surface area contributed by atoms with Crippen molar-refractivity contribution in [3.05, 3.63) is 75.8 Å². The number of aryl methyl sites for hydroxylation is 1. The fourth-order valence-electron chi connectivity index (χ4n) is 3.39. The van der Waals surface area contributed by atoms with Gasteiger partial charge < -0.3 is 9.47 Å². The summed E-state index contributed by atoms with van der Waals surface area (Å²) in [6, 6.07) is 14.0. The lowest BCUT2D eigenvalue weighted by atomic mass is 9.97. The minimum atomic E-state index is 0.0550. The summed E-state index contributed by atoms with van der Waals surface area (Å²) in [5.74, 6) is 1.29. The first kappa shape index (κ1) is 17.0. The molecule has 3 aromatic rings. The number of carbonyl (C=O) groups excluding carboxylic acids is 1. The van der Waals surface area contributed by atoms with Gasteiger partial charge in [0.2, 0.25) is 0 Å². The van der Waals surface area contributed by atoms with Gasteiger partial charge in [-0.2, -0.15) is 0 Å². The van der Waals surface area contributed by atoms with E-state index in [4.69, 9.17) is 0 Å². The van der Waals surface area contributed by atoms with E-state index < -0.39 is 0 Å². The molecule has 1 aliphatic heterocycles. The van der Waals surface area contributed by atoms with Gasteiger partial charge in [-0.05, 0) is 41.3 Å². The highest BCUT2D eigenvalue weighted by atomic mass is 79.9. The zero-order valence-corrected chi connectivity index (χ0v) is 16.3. The highest BCUT2D eigenvalue weighted by Gasteiger charge is 2.30. The van der Waals surface area contributed by atoms with Crippen molar-refractivity contribution in [2.45, 2.75) is 25.8 Å². The smallest absolute Gasteiger partial charge is 0.258 e. The molecule has 1 atom stereocenters. The van der Waals surface area contributed by atoms with Crippen LogP contribution in [0, 0.1) is 0 Å². The first-order chi connectivity index (χ1) is 12.5. The molecule has 5 nitrogen and oxygen atoms in total. The number of nitrogens with zero attached hydrogens (tertiary/aromatic N) is 4. The molecule has 0 unspecified atom stereocenters. The van der Waals surface area contributed by atoms with Crippen molar-refractivity contribution in [2.24, 2.45) is 7.05 Å². The summed E-state index contributed by atoms with van der Waals surface area (Å²) >= 11 is 3.56. The largest absolute Gasteiger partial charge is 0.321 e. The van der Waals surface area contributed by atoms with Crippen LogP contribution in [0.2, 0.25) is 0 Å². The summed E-state index contributed by atoms with van der Waals surface area (Å²) in [5, 5.41) is 8.12. The van der Waals surface area contributed by atoms with E-state index in [1.165, 1.54) is 5.56 Å². The van der Waals surface area contributed by atoms with Crippen LogP contribution in [-0.2, 0) is 20.0 Å². The van der Waals surface area contributed by atoms with Crippen molar-refractivity contribution in [1.82, 2.24) is 14.8 Å². The second-order valence-electron chi connectivity index (χ2n) is 6.72. The predicted molar refractivity (Wildman–Crippen MR) is 104 cm³/mol. The Bertz CT molecular complexity index is 981. The van der Waals surface area contributed by atoms with Crippen molar-refractivity contribution in [3.63, 3.8) is 0 Å². The third kappa shape index (κ3) is 2.94. The normalized spacial score (nSPS) is 14.6. The van der Waals surface area contributed by atoms with E-state index in [2.05, 4.69) is 45.2 Å². The predicted octanol–water partition coefficient (Wildman–Crippen LogP) is 4.08. The van der Waals surface area contributed by atoms with Crippen molar-refractivity contribution in [3.8, 4) is 0 Å². The number of anilines is 1. The fraction of sp³-hybridized carbons (Fsp3) is 0.250. The Morgan fingerprint density at radius 3 is 2.77 bits per heavy atom. The minimum absolute atomic E-state index is 0.0550. The average molecular weight is 411 g/mol. The molecule has 1 aliphatic rings. The molecule has 0 fully saturated rings. The van der Waals surface area contributed by atoms with E-state index in [0.29, 0.717) is 6.54 Å². The molecule has 2 heterocycles. The second-order valence-corrected chi connectivity index (χ2v) is 7.57. The molecule has 4 rings (SSSR count). The summed E-state index contributed by atoms with van der Waals surface area (Å²) < 4.78 is 2.93. The number of benzene rings is 2. The highest BCUT2D eigenvalue weighted by Crippen LogP contribution is 2.34. The molecule has 2 aromatic carbocycles. The third-order valence-electron chi connectivity index (χ3n) is 4.96. The van der Waals surface area contributed by atoms with Gasteiger partial charge in [0.05, 0.1) is 6.54 Å². The number of hydrogen-bond acceptors (Lipinski definition) is 3. The van der Waals surface area contributed by atoms with Crippen LogP contribution in [0.1, 0.15) is 40.2 Å². The number of rotatable bonds is 4. The molecule has 0 bridgehead atoms. The Balaban J connectivity index is 1.60. The molecule has 6 heteroatoms. The van der Waals surface area contributed by atoms with Gasteiger partial charge in [-0.25, -0.2) is 0 Å². The van der Waals surface area contributed by atoms with Gasteiger partial charge in [0, 0.05) is 29.2 Å². The van der Waals surface area contributed by atoms with Gasteiger partial charge in [0.15, 0.2) is 0 Å². The summed E-state index contributed by atoms with van der Waals surface area (Å²) in [4.78, 5) is 14.7. The second kappa shape index (κ2) is 6.68. The van der Waals surface area contributed by atoms with E-state index in [1.54, 1.807) is 6.33 Å². The van der Waals surface area contributed by atoms with Crippen LogP contribution in [0.3, 0.4) is 0 Å². The summed E-state index contributed by atoms with van der Waals surface area (Å²) in [5.41, 5.74) is 3.95. The standard InChI is InChI=1S/C20H19BrN4O/c1-13(9-19-23-22-12-24(19)2)14-5-3-6-15(10-14)25-11-17-16(20(25)26)7-4-8-18(17)21/h3-8,10,12-13H,9,11H2,1-2H3/t13-/m1/s1. The number of aromatic nitrogens is 3. The molecule has 1 aromatic heterocycles. The van der Waals surface area contributed by atoms with Crippen molar-refractivity contribution < 1.29 is 4.79 Å². The molecule has 0 radical (unpaired) electrons. The maximum atomic E-state index is 12.8. The first-order valence-electron chi connectivity index (χ1n) is 8.56. The van der Waals surface area contributed by atoms with Crippen LogP contribution in [0.5, 0.6) is 0 Å². The molecule has 0 saturated carbocycles. The lowest BCUT2D eigenvalue weighted by Gasteiger charge is -2.19. The molecule has 1 amide bonds. The molecule has 26 heavy (non-hydrogen) atoms. The summed E-state index contributed by atoms with van der Waals surface area (Å²) in [6.07, 6.45) is 2.52. The maximum absolute atomic E-state index is 12.8. The molecular weight excluding hydrogens is 392 g/mol. The minimum Gasteiger partial charge on any atom is -0.321 e. The van der Waals surface area contributed by atoms with Gasteiger partial charge >= 0.3 is 0 Å². The monoisotopic (exact) mass is 410 g/mol. The van der Waals surface area contributed by atoms with Gasteiger partial charge in [0.1, 0.15) is 12.2 Å². The molecule has 0 N–H and O–H groups in total. The average Bonchev–Trinajstić information content (AvgIpc) is 3.20. The number of hydrogen-bond donors (Lipinski definition) is 0. The summed E-state index contributed by atoms with van der Waals surface area (Å²) in [7, 11) is 1.95. The zero-order chi connectivity index (χ0) is 18.3. The number of carbonyl (C=O) groups is 1. The third-order valence-corrected chi connectivity index (χ3v) is 5.70. The number of fused-ring (bicyclic) bond motifs is 1. The van der Waals surface area contributed by atoms with Crippen LogP contribution in [0.15, 0.2) is 53.3 Å². The number of amides is 1. The molecular formula is C20H19BrN4O. The summed E-state index contributed by atoms with van der Waals surface area (Å²) in [6.45, 7) is 2.77. The van der Waals surface area contributed by atoms with Gasteiger partial charge in [-0.3, -0.25) is 4.79 Å². The van der Waals surface area contributed by atoms with Crippen LogP contribution < -0.4 is 4.90 Å². The van der Waals surface area contributed by atoms with E-state index in [0.717, 1.165) is 33.5 Å². The van der Waals surface area contributed by atoms with E-state index in [9.17, 15) is 4.79 Å².